The van der Waals surface area contributed by atoms with Crippen molar-refractivity contribution in [2.45, 2.75) is 70.1 Å². The number of β-amino-alcohol motifs (C(OH)–C–C–N with tert-alkyl or cyclic N) is 1. The minimum absolute atomic E-state index is 0.0372. The van der Waals surface area contributed by atoms with Crippen LogP contribution in [0.5, 0.6) is 0 Å². The molecule has 190 valence electrons. The number of unbranched alkanes of at least 4 members (excludes halogenated alkanes) is 1. The van der Waals surface area contributed by atoms with Gasteiger partial charge in [0.25, 0.3) is 0 Å². The number of aliphatic hydroxyl groups excluding tert-OH is 1. The summed E-state index contributed by atoms with van der Waals surface area (Å²) in [5.74, 6) is -1.97. The number of fused-ring (bicyclic) bond motifs is 1. The predicted molar refractivity (Wildman–Crippen MR) is 130 cm³/mol. The standard InChI is InChI=1S/C26H41N3O5/c1-6-10-16-28(15-9-4)24(33)21-26-12-11-25(5,34-26)19(20(26)23(32)29(21)17-18-30)22(31)27(13-7-2)14-8-3/h7,9,19-21,30H,2,4,6,8,10-18H2,1,3,5H3/t19-,20-,21?,25+,26?/m0/s1. The molecule has 3 aliphatic heterocycles. The van der Waals surface area contributed by atoms with Crippen molar-refractivity contribution in [3.8, 4) is 0 Å². The Balaban J connectivity index is 2.04. The van der Waals surface area contributed by atoms with Gasteiger partial charge >= 0.3 is 0 Å². The van der Waals surface area contributed by atoms with Crippen LogP contribution in [0.15, 0.2) is 25.3 Å². The average molecular weight is 476 g/mol. The van der Waals surface area contributed by atoms with Gasteiger partial charge in [0, 0.05) is 32.7 Å². The molecule has 8 nitrogen and oxygen atoms in total. The lowest BCUT2D eigenvalue weighted by atomic mass is 9.66. The summed E-state index contributed by atoms with van der Waals surface area (Å²) in [7, 11) is 0. The highest BCUT2D eigenvalue weighted by molar-refractivity contribution is 5.99. The zero-order valence-corrected chi connectivity index (χ0v) is 21.0. The number of carbonyl (C=O) groups excluding carboxylic acids is 3. The third kappa shape index (κ3) is 4.19. The van der Waals surface area contributed by atoms with Gasteiger partial charge in [0.05, 0.1) is 24.0 Å². The van der Waals surface area contributed by atoms with Crippen LogP contribution in [0, 0.1) is 11.8 Å². The van der Waals surface area contributed by atoms with Gasteiger partial charge in [-0.05, 0) is 32.6 Å². The average Bonchev–Trinajstić information content (AvgIpc) is 3.37. The second-order valence-electron chi connectivity index (χ2n) is 9.98. The quantitative estimate of drug-likeness (QED) is 0.412. The third-order valence-electron chi connectivity index (χ3n) is 7.71. The van der Waals surface area contributed by atoms with Crippen molar-refractivity contribution in [2.24, 2.45) is 11.8 Å². The van der Waals surface area contributed by atoms with Crippen LogP contribution in [0.2, 0.25) is 0 Å². The highest BCUT2D eigenvalue weighted by Gasteiger charge is 2.78. The second kappa shape index (κ2) is 10.6. The van der Waals surface area contributed by atoms with Crippen LogP contribution in [-0.4, -0.2) is 94.1 Å². The lowest BCUT2D eigenvalue weighted by Crippen LogP contribution is -2.56. The molecule has 5 atom stereocenters. The number of likely N-dealkylation sites (tertiary alicyclic amines) is 1. The van der Waals surface area contributed by atoms with Gasteiger partial charge in [-0.25, -0.2) is 0 Å². The topological polar surface area (TPSA) is 90.4 Å². The van der Waals surface area contributed by atoms with E-state index in [0.717, 1.165) is 19.3 Å². The molecular formula is C26H41N3O5. The minimum atomic E-state index is -1.06. The van der Waals surface area contributed by atoms with E-state index >= 15 is 0 Å². The molecule has 3 rings (SSSR count). The highest BCUT2D eigenvalue weighted by atomic mass is 16.5. The van der Waals surface area contributed by atoms with Gasteiger partial charge < -0.3 is 24.5 Å². The van der Waals surface area contributed by atoms with E-state index in [1.165, 1.54) is 4.90 Å². The number of rotatable bonds is 13. The normalized spacial score (nSPS) is 31.5. The van der Waals surface area contributed by atoms with E-state index in [1.54, 1.807) is 22.0 Å². The molecule has 3 saturated heterocycles. The predicted octanol–water partition coefficient (Wildman–Crippen LogP) is 1.98. The summed E-state index contributed by atoms with van der Waals surface area (Å²) in [5, 5.41) is 9.75. The molecule has 2 bridgehead atoms. The molecule has 1 N–H and O–H groups in total. The lowest BCUT2D eigenvalue weighted by Gasteiger charge is -2.36. The Hall–Kier alpha value is -2.19. The number of aliphatic hydroxyl groups is 1. The van der Waals surface area contributed by atoms with E-state index in [0.29, 0.717) is 39.0 Å². The van der Waals surface area contributed by atoms with Crippen LogP contribution >= 0.6 is 0 Å². The van der Waals surface area contributed by atoms with E-state index in [2.05, 4.69) is 20.1 Å². The first-order chi connectivity index (χ1) is 16.3. The molecule has 1 spiro atoms. The maximum absolute atomic E-state index is 13.9. The lowest BCUT2D eigenvalue weighted by molar-refractivity contribution is -0.153. The van der Waals surface area contributed by atoms with Crippen LogP contribution in [0.25, 0.3) is 0 Å². The zero-order valence-electron chi connectivity index (χ0n) is 21.0. The summed E-state index contributed by atoms with van der Waals surface area (Å²) in [6.45, 7) is 15.2. The number of ether oxygens (including phenoxy) is 1. The fourth-order valence-electron chi connectivity index (χ4n) is 6.31. The van der Waals surface area contributed by atoms with Crippen LogP contribution in [0.3, 0.4) is 0 Å². The highest BCUT2D eigenvalue weighted by Crippen LogP contribution is 2.63. The largest absolute Gasteiger partial charge is 0.395 e. The molecule has 3 amide bonds. The van der Waals surface area contributed by atoms with Crippen molar-refractivity contribution in [1.29, 1.82) is 0 Å². The van der Waals surface area contributed by atoms with Crippen LogP contribution < -0.4 is 0 Å². The van der Waals surface area contributed by atoms with E-state index in [4.69, 9.17) is 4.74 Å². The van der Waals surface area contributed by atoms with E-state index < -0.39 is 29.1 Å². The Morgan fingerprint density at radius 2 is 1.76 bits per heavy atom. The van der Waals surface area contributed by atoms with Gasteiger partial charge in [0.2, 0.25) is 17.7 Å². The van der Waals surface area contributed by atoms with Crippen molar-refractivity contribution in [2.75, 3.05) is 39.3 Å². The number of amides is 3. The molecule has 0 saturated carbocycles. The summed E-state index contributed by atoms with van der Waals surface area (Å²) in [6, 6.07) is -0.854. The monoisotopic (exact) mass is 475 g/mol. The van der Waals surface area contributed by atoms with Crippen molar-refractivity contribution in [3.63, 3.8) is 0 Å². The first-order valence-corrected chi connectivity index (χ1v) is 12.7. The molecule has 0 aromatic heterocycles. The first-order valence-electron chi connectivity index (χ1n) is 12.7. The first kappa shape index (κ1) is 26.4. The molecule has 34 heavy (non-hydrogen) atoms. The molecular weight excluding hydrogens is 434 g/mol. The van der Waals surface area contributed by atoms with Crippen molar-refractivity contribution < 1.29 is 24.2 Å². The van der Waals surface area contributed by atoms with Crippen molar-refractivity contribution in [3.05, 3.63) is 25.3 Å². The van der Waals surface area contributed by atoms with Crippen LogP contribution in [0.4, 0.5) is 0 Å². The number of nitrogens with zero attached hydrogens (tertiary/aromatic N) is 3. The van der Waals surface area contributed by atoms with Gasteiger partial charge in [-0.1, -0.05) is 32.4 Å². The van der Waals surface area contributed by atoms with E-state index in [9.17, 15) is 19.5 Å². The molecule has 2 unspecified atom stereocenters. The fraction of sp³-hybridized carbons (Fsp3) is 0.731. The van der Waals surface area contributed by atoms with Gasteiger partial charge in [0.15, 0.2) is 0 Å². The Kier molecular flexibility index (Phi) is 8.24. The fourth-order valence-corrected chi connectivity index (χ4v) is 6.31. The van der Waals surface area contributed by atoms with E-state index in [-0.39, 0.29) is 30.9 Å². The molecule has 3 heterocycles. The van der Waals surface area contributed by atoms with Crippen molar-refractivity contribution >= 4 is 17.7 Å². The number of carbonyl (C=O) groups is 3. The zero-order chi connectivity index (χ0) is 25.1. The molecule has 3 fully saturated rings. The molecule has 3 aliphatic rings. The van der Waals surface area contributed by atoms with Crippen molar-refractivity contribution in [1.82, 2.24) is 14.7 Å². The molecule has 0 aromatic carbocycles. The van der Waals surface area contributed by atoms with Gasteiger partial charge in [0.1, 0.15) is 11.6 Å². The number of hydrogen-bond donors (Lipinski definition) is 1. The Morgan fingerprint density at radius 1 is 1.12 bits per heavy atom. The maximum Gasteiger partial charge on any atom is 0.248 e. The summed E-state index contributed by atoms with van der Waals surface area (Å²) in [6.07, 6.45) is 7.08. The Morgan fingerprint density at radius 3 is 2.32 bits per heavy atom. The Bertz CT molecular complexity index is 816. The van der Waals surface area contributed by atoms with Crippen LogP contribution in [0.1, 0.15) is 52.9 Å². The minimum Gasteiger partial charge on any atom is -0.395 e. The maximum atomic E-state index is 13.9. The molecule has 8 heteroatoms. The van der Waals surface area contributed by atoms with Gasteiger partial charge in [-0.15, -0.1) is 13.2 Å². The summed E-state index contributed by atoms with van der Waals surface area (Å²) < 4.78 is 6.63. The molecule has 0 radical (unpaired) electrons. The van der Waals surface area contributed by atoms with Crippen LogP contribution in [-0.2, 0) is 19.1 Å². The summed E-state index contributed by atoms with van der Waals surface area (Å²) in [4.78, 5) is 46.5. The van der Waals surface area contributed by atoms with Gasteiger partial charge in [-0.2, -0.15) is 0 Å². The Labute approximate surface area is 203 Å². The summed E-state index contributed by atoms with van der Waals surface area (Å²) >= 11 is 0. The smallest absolute Gasteiger partial charge is 0.248 e. The second-order valence-corrected chi connectivity index (χ2v) is 9.98. The SMILES string of the molecule is C=CCN(CCCC)C(=O)C1N(CCO)C(=O)[C@@H]2[C@@H](C(=O)N(CC=C)CCC)[C@@]3(C)CCC12O3. The molecule has 0 aliphatic carbocycles. The third-order valence-corrected chi connectivity index (χ3v) is 7.71. The van der Waals surface area contributed by atoms with E-state index in [1.807, 2.05) is 13.8 Å². The molecule has 0 aromatic rings. The number of hydrogen-bond acceptors (Lipinski definition) is 5. The summed E-state index contributed by atoms with van der Waals surface area (Å²) in [5.41, 5.74) is -1.86. The van der Waals surface area contributed by atoms with Gasteiger partial charge in [-0.3, -0.25) is 14.4 Å².